The molecule has 2 N–H and O–H groups in total. The van der Waals surface area contributed by atoms with Crippen molar-refractivity contribution in [2.45, 2.75) is 12.8 Å². The molecule has 25 heavy (non-hydrogen) atoms. The van der Waals surface area contributed by atoms with Crippen molar-refractivity contribution in [1.82, 2.24) is 24.5 Å². The summed E-state index contributed by atoms with van der Waals surface area (Å²) in [5, 5.41) is 2.98. The Labute approximate surface area is 148 Å². The molecule has 3 heterocycles. The number of nitrogen functional groups attached to an aromatic ring is 1. The Hall–Kier alpha value is -3.24. The van der Waals surface area contributed by atoms with Crippen molar-refractivity contribution >= 4 is 28.2 Å². The van der Waals surface area contributed by atoms with Crippen LogP contribution in [-0.2, 0) is 0 Å². The smallest absolute Gasteiger partial charge is 0.237 e. The van der Waals surface area contributed by atoms with Crippen molar-refractivity contribution in [3.8, 4) is 17.8 Å². The molecule has 0 amide bonds. The first-order valence-electron chi connectivity index (χ1n) is 7.67. The molecule has 0 fully saturated rings. The molecule has 3 aromatic heterocycles. The molecule has 1 atom stereocenters. The van der Waals surface area contributed by atoms with Crippen LogP contribution in [0, 0.1) is 11.8 Å². The van der Waals surface area contributed by atoms with Crippen LogP contribution in [0.25, 0.3) is 17.0 Å². The van der Waals surface area contributed by atoms with Crippen LogP contribution < -0.4 is 5.73 Å². The first-order chi connectivity index (χ1) is 12.2. The van der Waals surface area contributed by atoms with Gasteiger partial charge in [0.25, 0.3) is 0 Å². The molecule has 0 bridgehead atoms. The van der Waals surface area contributed by atoms with Crippen LogP contribution in [-0.4, -0.2) is 24.5 Å². The highest BCUT2D eigenvalue weighted by Gasteiger charge is 2.08. The molecule has 1 unspecified atom stereocenters. The quantitative estimate of drug-likeness (QED) is 0.564. The summed E-state index contributed by atoms with van der Waals surface area (Å²) in [4.78, 5) is 17.2. The number of nitrogens with two attached hydrogens (primary N) is 1. The number of thiazole rings is 1. The van der Waals surface area contributed by atoms with E-state index in [4.69, 9.17) is 5.73 Å². The lowest BCUT2D eigenvalue weighted by molar-refractivity contribution is 0.953. The molecule has 4 aromatic rings. The highest BCUT2D eigenvalue weighted by Crippen LogP contribution is 2.19. The number of nitrogens with zero attached hydrogens (tertiary/aromatic N) is 5. The molecule has 0 spiro atoms. The number of fused-ring (bicyclic) bond motifs is 1. The van der Waals surface area contributed by atoms with E-state index in [-0.39, 0.29) is 5.92 Å². The standard InChI is InChI=1S/C18H14N6S/c1-12(17-20-8-9-25-17)2-3-13-4-5-14-15(10-13)24(11-22-14)18-21-7-6-16(19)23-18/h4-12H,1H3,(H2,19,21,23). The van der Waals surface area contributed by atoms with Gasteiger partial charge in [0.15, 0.2) is 0 Å². The Kier molecular flexibility index (Phi) is 3.88. The van der Waals surface area contributed by atoms with Gasteiger partial charge in [-0.15, -0.1) is 11.3 Å². The number of rotatable bonds is 2. The average molecular weight is 346 g/mol. The van der Waals surface area contributed by atoms with Gasteiger partial charge >= 0.3 is 0 Å². The van der Waals surface area contributed by atoms with Crippen molar-refractivity contribution in [3.05, 3.63) is 58.9 Å². The Morgan fingerprint density at radius 3 is 2.88 bits per heavy atom. The summed E-state index contributed by atoms with van der Waals surface area (Å²) in [6.07, 6.45) is 5.12. The van der Waals surface area contributed by atoms with Crippen LogP contribution in [0.2, 0.25) is 0 Å². The molecule has 1 aromatic carbocycles. The molecule has 0 aliphatic rings. The minimum atomic E-state index is 0.0952. The SMILES string of the molecule is CC(C#Cc1ccc2ncn(-c3nccc(N)n3)c2c1)c1nccs1. The molecular weight excluding hydrogens is 332 g/mol. The lowest BCUT2D eigenvalue weighted by atomic mass is 10.1. The second-order valence-electron chi connectivity index (χ2n) is 5.46. The number of aromatic nitrogens is 5. The van der Waals surface area contributed by atoms with Gasteiger partial charge in [0, 0.05) is 23.3 Å². The zero-order chi connectivity index (χ0) is 17.2. The zero-order valence-electron chi connectivity index (χ0n) is 13.4. The third-order valence-electron chi connectivity index (χ3n) is 3.68. The normalized spacial score (nSPS) is 11.9. The van der Waals surface area contributed by atoms with Crippen LogP contribution in [0.5, 0.6) is 0 Å². The van der Waals surface area contributed by atoms with Crippen LogP contribution in [0.1, 0.15) is 23.4 Å². The van der Waals surface area contributed by atoms with E-state index in [1.54, 1.807) is 40.7 Å². The topological polar surface area (TPSA) is 82.5 Å². The number of anilines is 1. The van der Waals surface area contributed by atoms with Crippen molar-refractivity contribution in [2.24, 2.45) is 0 Å². The van der Waals surface area contributed by atoms with Gasteiger partial charge in [-0.05, 0) is 31.2 Å². The Balaban J connectivity index is 1.72. The molecule has 7 heteroatoms. The monoisotopic (exact) mass is 346 g/mol. The van der Waals surface area contributed by atoms with Crippen molar-refractivity contribution in [3.63, 3.8) is 0 Å². The predicted octanol–water partition coefficient (Wildman–Crippen LogP) is 3.01. The van der Waals surface area contributed by atoms with Crippen molar-refractivity contribution < 1.29 is 0 Å². The second kappa shape index (κ2) is 6.34. The summed E-state index contributed by atoms with van der Waals surface area (Å²) in [5.41, 5.74) is 8.40. The van der Waals surface area contributed by atoms with E-state index in [2.05, 4.69) is 38.7 Å². The van der Waals surface area contributed by atoms with Gasteiger partial charge in [0.1, 0.15) is 17.2 Å². The summed E-state index contributed by atoms with van der Waals surface area (Å²) in [6, 6.07) is 7.54. The van der Waals surface area contributed by atoms with E-state index in [9.17, 15) is 0 Å². The Bertz CT molecular complexity index is 1090. The lowest BCUT2D eigenvalue weighted by Gasteiger charge is -2.03. The number of hydrogen-bond donors (Lipinski definition) is 1. The predicted molar refractivity (Wildman–Crippen MR) is 98.5 cm³/mol. The number of imidazole rings is 1. The zero-order valence-corrected chi connectivity index (χ0v) is 14.2. The molecule has 0 saturated carbocycles. The van der Waals surface area contributed by atoms with Gasteiger partial charge in [-0.1, -0.05) is 11.8 Å². The minimum Gasteiger partial charge on any atom is -0.384 e. The third kappa shape index (κ3) is 3.07. The molecule has 6 nitrogen and oxygen atoms in total. The van der Waals surface area contributed by atoms with Crippen molar-refractivity contribution in [2.75, 3.05) is 5.73 Å². The molecule has 0 aliphatic heterocycles. The third-order valence-corrected chi connectivity index (χ3v) is 4.64. The second-order valence-corrected chi connectivity index (χ2v) is 6.39. The van der Waals surface area contributed by atoms with Crippen LogP contribution in [0.4, 0.5) is 5.82 Å². The van der Waals surface area contributed by atoms with Gasteiger partial charge in [0.2, 0.25) is 5.95 Å². The van der Waals surface area contributed by atoms with Gasteiger partial charge in [-0.2, -0.15) is 4.98 Å². The van der Waals surface area contributed by atoms with E-state index in [0.29, 0.717) is 11.8 Å². The maximum atomic E-state index is 5.75. The highest BCUT2D eigenvalue weighted by molar-refractivity contribution is 7.09. The summed E-state index contributed by atoms with van der Waals surface area (Å²) in [5.74, 6) is 7.46. The van der Waals surface area contributed by atoms with E-state index < -0.39 is 0 Å². The first kappa shape index (κ1) is 15.3. The summed E-state index contributed by atoms with van der Waals surface area (Å²) >= 11 is 1.62. The maximum absolute atomic E-state index is 5.75. The van der Waals surface area contributed by atoms with E-state index >= 15 is 0 Å². The highest BCUT2D eigenvalue weighted by atomic mass is 32.1. The fourth-order valence-corrected chi connectivity index (χ4v) is 3.07. The van der Waals surface area contributed by atoms with Crippen LogP contribution >= 0.6 is 11.3 Å². The van der Waals surface area contributed by atoms with E-state index in [1.165, 1.54) is 0 Å². The Morgan fingerprint density at radius 2 is 2.08 bits per heavy atom. The number of hydrogen-bond acceptors (Lipinski definition) is 6. The fourth-order valence-electron chi connectivity index (χ4n) is 2.42. The van der Waals surface area contributed by atoms with Crippen molar-refractivity contribution in [1.29, 1.82) is 0 Å². The first-order valence-corrected chi connectivity index (χ1v) is 8.55. The van der Waals surface area contributed by atoms with Crippen LogP contribution in [0.15, 0.2) is 48.4 Å². The summed E-state index contributed by atoms with van der Waals surface area (Å²) in [7, 11) is 0. The fraction of sp³-hybridized carbons (Fsp3) is 0.111. The maximum Gasteiger partial charge on any atom is 0.237 e. The molecule has 4 rings (SSSR count). The molecule has 122 valence electrons. The van der Waals surface area contributed by atoms with Crippen LogP contribution in [0.3, 0.4) is 0 Å². The minimum absolute atomic E-state index is 0.0952. The van der Waals surface area contributed by atoms with E-state index in [0.717, 1.165) is 21.6 Å². The van der Waals surface area contributed by atoms with Gasteiger partial charge in [-0.25, -0.2) is 15.0 Å². The van der Waals surface area contributed by atoms with Gasteiger partial charge in [-0.3, -0.25) is 4.57 Å². The van der Waals surface area contributed by atoms with E-state index in [1.807, 2.05) is 23.6 Å². The van der Waals surface area contributed by atoms with Gasteiger partial charge in [0.05, 0.1) is 17.0 Å². The average Bonchev–Trinajstić information content (AvgIpc) is 3.29. The summed E-state index contributed by atoms with van der Waals surface area (Å²) < 4.78 is 1.81. The Morgan fingerprint density at radius 1 is 1.16 bits per heavy atom. The number of benzene rings is 1. The molecule has 0 saturated heterocycles. The molecule has 0 radical (unpaired) electrons. The molecular formula is C18H14N6S. The lowest BCUT2D eigenvalue weighted by Crippen LogP contribution is -2.01. The summed E-state index contributed by atoms with van der Waals surface area (Å²) in [6.45, 7) is 2.05. The largest absolute Gasteiger partial charge is 0.384 e. The molecule has 0 aliphatic carbocycles. The van der Waals surface area contributed by atoms with Gasteiger partial charge < -0.3 is 5.73 Å².